The highest BCUT2D eigenvalue weighted by atomic mass is 79.9. The van der Waals surface area contributed by atoms with E-state index in [4.69, 9.17) is 0 Å². The van der Waals surface area contributed by atoms with E-state index in [0.717, 1.165) is 0 Å². The molecule has 0 N–H and O–H groups in total. The van der Waals surface area contributed by atoms with E-state index < -0.39 is 0 Å². The maximum absolute atomic E-state index is 2.66. The minimum Gasteiger partial charge on any atom is -0.138 e. The van der Waals surface area contributed by atoms with Gasteiger partial charge in [0.05, 0.1) is 0 Å². The summed E-state index contributed by atoms with van der Waals surface area (Å²) in [6, 6.07) is 0. The van der Waals surface area contributed by atoms with Crippen LogP contribution in [0.3, 0.4) is 0 Å². The molecule has 0 nitrogen and oxygen atoms in total. The highest BCUT2D eigenvalue weighted by molar-refractivity contribution is 8.93. The zero-order valence-electron chi connectivity index (χ0n) is 4.22. The van der Waals surface area contributed by atoms with Crippen LogP contribution in [0.15, 0.2) is 0 Å². The molecule has 0 fully saturated rings. The van der Waals surface area contributed by atoms with Crippen LogP contribution >= 0.6 is 60.2 Å². The first-order valence-electron chi connectivity index (χ1n) is 1.62. The normalized spacial score (nSPS) is 4.29. The van der Waals surface area contributed by atoms with Crippen LogP contribution in [0.5, 0.6) is 0 Å². The van der Waals surface area contributed by atoms with Gasteiger partial charge in [-0.05, 0) is 6.16 Å². The van der Waals surface area contributed by atoms with Crippen molar-refractivity contribution in [2.24, 2.45) is 0 Å². The fraction of sp³-hybridized carbons (Fsp3) is 1.00. The second-order valence-corrected chi connectivity index (χ2v) is 1.37. The van der Waals surface area contributed by atoms with E-state index in [1.807, 2.05) is 0 Å². The molecular weight excluding hydrogens is 307 g/mol. The van der Waals surface area contributed by atoms with Gasteiger partial charge in [0.25, 0.3) is 0 Å². The minimum absolute atomic E-state index is 0. The molecule has 0 aromatic heterocycles. The molecule has 0 aliphatic heterocycles. The Hall–Kier alpha value is 1.87. The van der Waals surface area contributed by atoms with Crippen molar-refractivity contribution in [1.29, 1.82) is 0 Å². The molecule has 0 bridgehead atoms. The molecule has 0 aromatic carbocycles. The van der Waals surface area contributed by atoms with Crippen molar-refractivity contribution in [3.8, 4) is 0 Å². The van der Waals surface area contributed by atoms with Crippen LogP contribution < -0.4 is 0 Å². The summed E-state index contributed by atoms with van der Waals surface area (Å²) in [5.74, 6) is 0. The lowest BCUT2D eigenvalue weighted by Crippen LogP contribution is -1.54. The van der Waals surface area contributed by atoms with Crippen LogP contribution in [0.1, 0.15) is 13.3 Å². The third kappa shape index (κ3) is 32.9. The fourth-order valence-corrected chi connectivity index (χ4v) is 0. The van der Waals surface area contributed by atoms with Crippen molar-refractivity contribution in [2.75, 3.05) is 6.16 Å². The Bertz CT molecular complexity index is 12.1. The van der Waals surface area contributed by atoms with Crippen LogP contribution in [0.2, 0.25) is 0 Å². The standard InChI is InChI=1S/C3H9P.3BrH/c1-2-3-4;;;/h2-4H2,1H3;3*1H. The van der Waals surface area contributed by atoms with Crippen molar-refractivity contribution in [2.45, 2.75) is 13.3 Å². The average molecular weight is 319 g/mol. The maximum atomic E-state index is 2.66. The smallest absolute Gasteiger partial charge is 0.0384 e. The van der Waals surface area contributed by atoms with Gasteiger partial charge in [-0.15, -0.1) is 60.2 Å². The largest absolute Gasteiger partial charge is 0.138 e. The van der Waals surface area contributed by atoms with E-state index >= 15 is 0 Å². The van der Waals surface area contributed by atoms with Gasteiger partial charge in [0.2, 0.25) is 0 Å². The van der Waals surface area contributed by atoms with Gasteiger partial charge in [-0.25, -0.2) is 0 Å². The molecule has 50 valence electrons. The first-order valence-corrected chi connectivity index (χ1v) is 2.43. The van der Waals surface area contributed by atoms with E-state index in [2.05, 4.69) is 16.2 Å². The second kappa shape index (κ2) is 24.8. The van der Waals surface area contributed by atoms with Gasteiger partial charge in [0.15, 0.2) is 0 Å². The van der Waals surface area contributed by atoms with Crippen LogP contribution in [0.4, 0.5) is 0 Å². The molecule has 0 aliphatic carbocycles. The lowest BCUT2D eigenvalue weighted by atomic mass is 10.6. The topological polar surface area (TPSA) is 0 Å². The highest BCUT2D eigenvalue weighted by Crippen LogP contribution is 1.80. The first kappa shape index (κ1) is 23.2. The molecule has 0 saturated carbocycles. The number of rotatable bonds is 1. The molecule has 4 heteroatoms. The predicted octanol–water partition coefficient (Wildman–Crippen LogP) is 3.01. The lowest BCUT2D eigenvalue weighted by molar-refractivity contribution is 1.11. The summed E-state index contributed by atoms with van der Waals surface area (Å²) in [6.07, 6.45) is 2.52. The number of hydrogen-bond acceptors (Lipinski definition) is 0. The molecule has 0 rings (SSSR count). The maximum Gasteiger partial charge on any atom is -0.0384 e. The zero-order chi connectivity index (χ0) is 3.41. The Labute approximate surface area is 79.3 Å². The van der Waals surface area contributed by atoms with Gasteiger partial charge in [-0.1, -0.05) is 13.3 Å². The lowest BCUT2D eigenvalue weighted by Gasteiger charge is -1.68. The molecule has 1 unspecified atom stereocenters. The molecule has 0 saturated heterocycles. The summed E-state index contributed by atoms with van der Waals surface area (Å²) in [5.41, 5.74) is 0. The van der Waals surface area contributed by atoms with Crippen molar-refractivity contribution in [3.63, 3.8) is 0 Å². The molecular formula is C3H12Br3P. The molecule has 0 aliphatic rings. The third-order valence-corrected chi connectivity index (χ3v) is 0.866. The molecule has 0 aromatic rings. The third-order valence-electron chi connectivity index (χ3n) is 0.289. The van der Waals surface area contributed by atoms with E-state index in [1.165, 1.54) is 12.6 Å². The Kier molecular flexibility index (Phi) is 82.1. The van der Waals surface area contributed by atoms with E-state index in [0.29, 0.717) is 0 Å². The van der Waals surface area contributed by atoms with Gasteiger partial charge < -0.3 is 0 Å². The quantitative estimate of drug-likeness (QED) is 0.652. The molecule has 1 atom stereocenters. The summed E-state index contributed by atoms with van der Waals surface area (Å²) in [7, 11) is 2.66. The second-order valence-electron chi connectivity index (χ2n) is 0.789. The Balaban J connectivity index is -0.0000000150. The van der Waals surface area contributed by atoms with Crippen LogP contribution in [-0.4, -0.2) is 6.16 Å². The molecule has 0 amide bonds. The van der Waals surface area contributed by atoms with Gasteiger partial charge in [0.1, 0.15) is 0 Å². The predicted molar refractivity (Wildman–Crippen MR) is 55.8 cm³/mol. The van der Waals surface area contributed by atoms with E-state index in [1.54, 1.807) is 0 Å². The van der Waals surface area contributed by atoms with Gasteiger partial charge >= 0.3 is 0 Å². The fourth-order valence-electron chi connectivity index (χ4n) is 0. The summed E-state index contributed by atoms with van der Waals surface area (Å²) in [4.78, 5) is 0. The molecule has 0 heterocycles. The van der Waals surface area contributed by atoms with Crippen LogP contribution in [0.25, 0.3) is 0 Å². The first-order chi connectivity index (χ1) is 1.91. The van der Waals surface area contributed by atoms with Crippen molar-refractivity contribution < 1.29 is 0 Å². The molecule has 7 heavy (non-hydrogen) atoms. The van der Waals surface area contributed by atoms with E-state index in [9.17, 15) is 0 Å². The van der Waals surface area contributed by atoms with Gasteiger partial charge in [-0.3, -0.25) is 0 Å². The zero-order valence-corrected chi connectivity index (χ0v) is 10.5. The minimum atomic E-state index is 0. The van der Waals surface area contributed by atoms with Crippen molar-refractivity contribution >= 4 is 60.2 Å². The summed E-state index contributed by atoms with van der Waals surface area (Å²) in [5, 5.41) is 0. The molecule has 0 spiro atoms. The van der Waals surface area contributed by atoms with Gasteiger partial charge in [-0.2, -0.15) is 0 Å². The SMILES string of the molecule is Br.Br.Br.CCCP. The average Bonchev–Trinajstić information content (AvgIpc) is 1.37. The van der Waals surface area contributed by atoms with Crippen molar-refractivity contribution in [3.05, 3.63) is 0 Å². The van der Waals surface area contributed by atoms with Crippen LogP contribution in [-0.2, 0) is 0 Å². The number of hydrogen-bond donors (Lipinski definition) is 0. The summed E-state index contributed by atoms with van der Waals surface area (Å²) in [6.45, 7) is 2.16. The summed E-state index contributed by atoms with van der Waals surface area (Å²) >= 11 is 0. The van der Waals surface area contributed by atoms with Crippen LogP contribution in [0, 0.1) is 0 Å². The highest BCUT2D eigenvalue weighted by Gasteiger charge is 1.56. The Morgan fingerprint density at radius 1 is 1.14 bits per heavy atom. The van der Waals surface area contributed by atoms with E-state index in [-0.39, 0.29) is 50.9 Å². The Morgan fingerprint density at radius 3 is 1.29 bits per heavy atom. The number of halogens is 3. The van der Waals surface area contributed by atoms with Crippen molar-refractivity contribution in [1.82, 2.24) is 0 Å². The Morgan fingerprint density at radius 2 is 1.29 bits per heavy atom. The summed E-state index contributed by atoms with van der Waals surface area (Å²) < 4.78 is 0. The molecule has 0 radical (unpaired) electrons. The monoisotopic (exact) mass is 316 g/mol. The van der Waals surface area contributed by atoms with Gasteiger partial charge in [0, 0.05) is 0 Å².